The first-order valence-electron chi connectivity index (χ1n) is 12.4. The highest BCUT2D eigenvalue weighted by molar-refractivity contribution is 6.32. The number of aromatic amines is 2. The molecule has 2 aliphatic rings. The van der Waals surface area contributed by atoms with Crippen LogP contribution in [0.2, 0.25) is 5.15 Å². The second kappa shape index (κ2) is 14.4. The van der Waals surface area contributed by atoms with Gasteiger partial charge in [0, 0.05) is 23.7 Å². The zero-order chi connectivity index (χ0) is 27.5. The van der Waals surface area contributed by atoms with Gasteiger partial charge in [0.05, 0.1) is 65.2 Å². The van der Waals surface area contributed by atoms with E-state index >= 15 is 0 Å². The van der Waals surface area contributed by atoms with Crippen LogP contribution in [0, 0.1) is 0 Å². The molecule has 2 heterocycles. The second-order valence-corrected chi connectivity index (χ2v) is 8.58. The van der Waals surface area contributed by atoms with Gasteiger partial charge in [-0.1, -0.05) is 11.6 Å². The Kier molecular flexibility index (Phi) is 10.5. The van der Waals surface area contributed by atoms with E-state index in [0.717, 1.165) is 27.8 Å². The Morgan fingerprint density at radius 1 is 0.949 bits per heavy atom. The minimum Gasteiger partial charge on any atom is -0.493 e. The number of fused-ring (bicyclic) bond motifs is 3. The predicted octanol–water partition coefficient (Wildman–Crippen LogP) is 4.19. The van der Waals surface area contributed by atoms with E-state index in [4.69, 9.17) is 35.3 Å². The molecule has 0 spiro atoms. The van der Waals surface area contributed by atoms with E-state index in [1.54, 1.807) is 13.3 Å². The summed E-state index contributed by atoms with van der Waals surface area (Å²) >= 11 is 6.20. The molecule has 1 aliphatic carbocycles. The van der Waals surface area contributed by atoms with Gasteiger partial charge in [0.25, 0.3) is 0 Å². The molecule has 1 amide bonds. The van der Waals surface area contributed by atoms with Crippen molar-refractivity contribution >= 4 is 40.0 Å². The van der Waals surface area contributed by atoms with Crippen LogP contribution in [0.1, 0.15) is 0 Å². The number of ether oxygens (including phenoxy) is 6. The normalized spacial score (nSPS) is 11.2. The minimum absolute atomic E-state index is 0.358. The van der Waals surface area contributed by atoms with Gasteiger partial charge in [-0.3, -0.25) is 10.2 Å². The zero-order valence-electron chi connectivity index (χ0n) is 21.8. The van der Waals surface area contributed by atoms with Crippen LogP contribution in [0.4, 0.5) is 16.3 Å². The maximum Gasteiger partial charge on any atom is 0.406 e. The van der Waals surface area contributed by atoms with Gasteiger partial charge in [-0.25, -0.2) is 9.78 Å². The lowest BCUT2D eigenvalue weighted by atomic mass is 10.2. The fourth-order valence-electron chi connectivity index (χ4n) is 3.84. The molecule has 13 heteroatoms. The molecule has 0 saturated carbocycles. The average Bonchev–Trinajstić information content (AvgIpc) is 3.50. The first kappa shape index (κ1) is 28.3. The molecule has 39 heavy (non-hydrogen) atoms. The predicted molar refractivity (Wildman–Crippen MR) is 147 cm³/mol. The number of anilines is 2. The fraction of sp³-hybridized carbons (Fsp3) is 0.385. The fourth-order valence-corrected chi connectivity index (χ4v) is 4.01. The molecule has 0 atom stereocenters. The molecule has 12 nitrogen and oxygen atoms in total. The number of halogens is 1. The van der Waals surface area contributed by atoms with Gasteiger partial charge in [0.1, 0.15) is 12.4 Å². The van der Waals surface area contributed by atoms with Crippen molar-refractivity contribution in [2.24, 2.45) is 0 Å². The number of aromatic nitrogens is 3. The highest BCUT2D eigenvalue weighted by atomic mass is 35.5. The maximum absolute atomic E-state index is 10.9. The molecule has 1 aliphatic heterocycles. The molecular formula is C26H32ClN5O7. The van der Waals surface area contributed by atoms with Crippen molar-refractivity contribution in [3.8, 4) is 22.8 Å². The highest BCUT2D eigenvalue weighted by Gasteiger charge is 2.20. The molecule has 0 radical (unpaired) electrons. The lowest BCUT2D eigenvalue weighted by molar-refractivity contribution is 0.00975. The zero-order valence-corrected chi connectivity index (χ0v) is 22.6. The number of amides is 1. The molecule has 0 bridgehead atoms. The number of hydrogen-bond donors (Lipinski definition) is 4. The van der Waals surface area contributed by atoms with Crippen molar-refractivity contribution in [1.82, 2.24) is 20.5 Å². The van der Waals surface area contributed by atoms with Crippen molar-refractivity contribution in [2.75, 3.05) is 72.3 Å². The number of H-pyrrole nitrogens is 2. The number of methoxy groups -OCH3 is 2. The molecule has 4 N–H and O–H groups in total. The summed E-state index contributed by atoms with van der Waals surface area (Å²) in [5, 5.41) is 14.6. The van der Waals surface area contributed by atoms with Crippen LogP contribution >= 0.6 is 11.6 Å². The van der Waals surface area contributed by atoms with E-state index in [9.17, 15) is 4.79 Å². The lowest BCUT2D eigenvalue weighted by Gasteiger charge is -2.12. The molecule has 210 valence electrons. The van der Waals surface area contributed by atoms with Crippen molar-refractivity contribution in [2.45, 2.75) is 0 Å². The van der Waals surface area contributed by atoms with Gasteiger partial charge in [-0.05, 0) is 35.7 Å². The molecular weight excluding hydrogens is 530 g/mol. The molecule has 0 fully saturated rings. The van der Waals surface area contributed by atoms with Crippen molar-refractivity contribution in [3.63, 3.8) is 0 Å². The van der Waals surface area contributed by atoms with Gasteiger partial charge >= 0.3 is 6.09 Å². The van der Waals surface area contributed by atoms with Crippen LogP contribution in [0.15, 0.2) is 36.5 Å². The first-order chi connectivity index (χ1) is 19.1. The van der Waals surface area contributed by atoms with Crippen molar-refractivity contribution in [3.05, 3.63) is 41.7 Å². The Morgan fingerprint density at radius 2 is 1.69 bits per heavy atom. The van der Waals surface area contributed by atoms with E-state index in [2.05, 4.69) is 36.6 Å². The number of nitrogens with zero attached hydrogens (tertiary/aromatic N) is 1. The first-order valence-corrected chi connectivity index (χ1v) is 12.7. The maximum atomic E-state index is 10.9. The SMILES string of the molecule is COC(=O)NCCOCCOCCOCCOc1cc2cc3c(Nc4cccnc4Cl)[nH][nH]c-3c2cc1OC. The van der Waals surface area contributed by atoms with Gasteiger partial charge in [-0.2, -0.15) is 0 Å². The number of hydrogen-bond acceptors (Lipinski definition) is 9. The third-order valence-electron chi connectivity index (χ3n) is 5.71. The Hall–Kier alpha value is -3.71. The van der Waals surface area contributed by atoms with E-state index in [-0.39, 0.29) is 0 Å². The number of benzene rings is 1. The molecule has 0 saturated heterocycles. The smallest absolute Gasteiger partial charge is 0.406 e. The topological polar surface area (TPSA) is 141 Å². The Bertz CT molecular complexity index is 1310. The monoisotopic (exact) mass is 561 g/mol. The van der Waals surface area contributed by atoms with Crippen LogP contribution < -0.4 is 20.1 Å². The largest absolute Gasteiger partial charge is 0.493 e. The van der Waals surface area contributed by atoms with Crippen molar-refractivity contribution < 1.29 is 33.2 Å². The lowest BCUT2D eigenvalue weighted by Crippen LogP contribution is -2.27. The van der Waals surface area contributed by atoms with Crippen molar-refractivity contribution in [1.29, 1.82) is 0 Å². The number of nitrogens with one attached hydrogen (secondary N) is 4. The summed E-state index contributed by atoms with van der Waals surface area (Å²) in [6, 6.07) is 9.63. The molecule has 1 aromatic carbocycles. The summed E-state index contributed by atoms with van der Waals surface area (Å²) in [7, 11) is 2.92. The standard InChI is InChI=1S/C26H32ClN5O7/c1-34-21-16-18-17(14-19-23(18)31-32-25(19)30-20-4-3-5-28-24(20)27)15-22(21)39-13-12-38-11-10-37-9-8-36-7-6-29-26(33)35-2/h3-5,14-16,30-32H,6-13H2,1-2H3,(H,29,33). The van der Waals surface area contributed by atoms with Crippen LogP contribution in [-0.4, -0.2) is 88.3 Å². The molecule has 1 aromatic heterocycles. The Balaban J connectivity index is 1.20. The summed E-state index contributed by atoms with van der Waals surface area (Å²) < 4.78 is 32.4. The minimum atomic E-state index is -0.479. The Labute approximate surface area is 230 Å². The summed E-state index contributed by atoms with van der Waals surface area (Å²) in [6.45, 7) is 3.27. The molecule has 2 aromatic rings. The van der Waals surface area contributed by atoms with E-state index < -0.39 is 6.09 Å². The second-order valence-electron chi connectivity index (χ2n) is 8.22. The van der Waals surface area contributed by atoms with Crippen LogP contribution in [0.5, 0.6) is 11.5 Å². The number of pyridine rings is 1. The quantitative estimate of drug-likeness (QED) is 0.117. The summed E-state index contributed by atoms with van der Waals surface area (Å²) in [5.41, 5.74) is 2.60. The number of alkyl carbamates (subject to hydrolysis) is 1. The van der Waals surface area contributed by atoms with Gasteiger partial charge < -0.3 is 39.1 Å². The highest BCUT2D eigenvalue weighted by Crippen LogP contribution is 2.43. The van der Waals surface area contributed by atoms with Crippen LogP contribution in [0.3, 0.4) is 0 Å². The number of carbonyl (C=O) groups excluding carboxylic acids is 1. The van der Waals surface area contributed by atoms with Gasteiger partial charge in [0.2, 0.25) is 0 Å². The van der Waals surface area contributed by atoms with E-state index in [0.29, 0.717) is 75.1 Å². The third kappa shape index (κ3) is 7.67. The van der Waals surface area contributed by atoms with Crippen LogP contribution in [0.25, 0.3) is 22.0 Å². The number of carbonyl (C=O) groups is 1. The molecule has 0 unspecified atom stereocenters. The Morgan fingerprint density at radius 3 is 2.41 bits per heavy atom. The summed E-state index contributed by atoms with van der Waals surface area (Å²) in [5.74, 6) is 2.03. The van der Waals surface area contributed by atoms with Gasteiger partial charge in [-0.15, -0.1) is 0 Å². The third-order valence-corrected chi connectivity index (χ3v) is 6.01. The summed E-state index contributed by atoms with van der Waals surface area (Å²) in [4.78, 5) is 15.0. The molecule has 4 rings (SSSR count). The van der Waals surface area contributed by atoms with Crippen LogP contribution in [-0.2, 0) is 18.9 Å². The van der Waals surface area contributed by atoms with E-state index in [1.165, 1.54) is 7.11 Å². The average molecular weight is 562 g/mol. The number of rotatable bonds is 16. The van der Waals surface area contributed by atoms with E-state index in [1.807, 2.05) is 24.3 Å². The van der Waals surface area contributed by atoms with Gasteiger partial charge in [0.15, 0.2) is 16.7 Å². The summed E-state index contributed by atoms with van der Waals surface area (Å²) in [6.07, 6.45) is 1.16.